The summed E-state index contributed by atoms with van der Waals surface area (Å²) in [7, 11) is 5.88. The molecule has 0 atom stereocenters. The van der Waals surface area contributed by atoms with E-state index in [0.29, 0.717) is 6.04 Å². The predicted molar refractivity (Wildman–Crippen MR) is 88.1 cm³/mol. The van der Waals surface area contributed by atoms with Gasteiger partial charge in [0.15, 0.2) is 5.75 Å². The van der Waals surface area contributed by atoms with Crippen molar-refractivity contribution >= 4 is 0 Å². The SMILES string of the molecule is COc1cnn(CCN(C)C)c1C(C)(C)CCNC(C)C. The summed E-state index contributed by atoms with van der Waals surface area (Å²) in [4.78, 5) is 2.17. The van der Waals surface area contributed by atoms with Crippen molar-refractivity contribution in [1.29, 1.82) is 0 Å². The largest absolute Gasteiger partial charge is 0.493 e. The number of nitrogens with zero attached hydrogens (tertiary/aromatic N) is 3. The monoisotopic (exact) mass is 296 g/mol. The van der Waals surface area contributed by atoms with Crippen molar-refractivity contribution in [3.8, 4) is 5.75 Å². The Balaban J connectivity index is 2.88. The van der Waals surface area contributed by atoms with E-state index < -0.39 is 0 Å². The fourth-order valence-corrected chi connectivity index (χ4v) is 2.46. The molecule has 0 aliphatic heterocycles. The molecule has 122 valence electrons. The highest BCUT2D eigenvalue weighted by molar-refractivity contribution is 5.32. The normalized spacial score (nSPS) is 12.4. The Labute approximate surface area is 129 Å². The van der Waals surface area contributed by atoms with Crippen molar-refractivity contribution in [3.63, 3.8) is 0 Å². The summed E-state index contributed by atoms with van der Waals surface area (Å²) in [5, 5.41) is 8.00. The zero-order valence-corrected chi connectivity index (χ0v) is 14.7. The molecular weight excluding hydrogens is 264 g/mol. The molecule has 0 aliphatic rings. The van der Waals surface area contributed by atoms with Crippen molar-refractivity contribution in [2.75, 3.05) is 34.3 Å². The lowest BCUT2D eigenvalue weighted by Crippen LogP contribution is -2.32. The molecule has 21 heavy (non-hydrogen) atoms. The van der Waals surface area contributed by atoms with E-state index in [1.54, 1.807) is 7.11 Å². The number of hydrogen-bond acceptors (Lipinski definition) is 4. The fraction of sp³-hybridized carbons (Fsp3) is 0.812. The van der Waals surface area contributed by atoms with Gasteiger partial charge in [-0.25, -0.2) is 0 Å². The molecule has 0 aromatic carbocycles. The molecule has 1 N–H and O–H groups in total. The van der Waals surface area contributed by atoms with Gasteiger partial charge in [-0.3, -0.25) is 4.68 Å². The van der Waals surface area contributed by atoms with Crippen LogP contribution in [0.25, 0.3) is 0 Å². The molecule has 0 aliphatic carbocycles. The maximum atomic E-state index is 5.53. The van der Waals surface area contributed by atoms with E-state index in [1.165, 1.54) is 5.69 Å². The van der Waals surface area contributed by atoms with Gasteiger partial charge in [-0.15, -0.1) is 0 Å². The number of nitrogens with one attached hydrogen (secondary N) is 1. The Bertz CT molecular complexity index is 424. The molecule has 5 heteroatoms. The Morgan fingerprint density at radius 2 is 2.05 bits per heavy atom. The van der Waals surface area contributed by atoms with Crippen LogP contribution in [0.1, 0.15) is 39.8 Å². The average Bonchev–Trinajstić information content (AvgIpc) is 2.79. The summed E-state index contributed by atoms with van der Waals surface area (Å²) in [5.74, 6) is 0.892. The highest BCUT2D eigenvalue weighted by Gasteiger charge is 2.29. The van der Waals surface area contributed by atoms with Crippen molar-refractivity contribution < 1.29 is 4.74 Å². The lowest BCUT2D eigenvalue weighted by molar-refractivity contribution is 0.336. The molecule has 0 amide bonds. The van der Waals surface area contributed by atoms with E-state index in [2.05, 4.69) is 61.8 Å². The number of hydrogen-bond donors (Lipinski definition) is 1. The smallest absolute Gasteiger partial charge is 0.160 e. The summed E-state index contributed by atoms with van der Waals surface area (Å²) >= 11 is 0. The van der Waals surface area contributed by atoms with E-state index in [1.807, 2.05) is 6.20 Å². The van der Waals surface area contributed by atoms with Crippen molar-refractivity contribution in [2.45, 2.75) is 52.1 Å². The van der Waals surface area contributed by atoms with E-state index in [-0.39, 0.29) is 5.41 Å². The molecule has 0 saturated carbocycles. The second kappa shape index (κ2) is 7.80. The highest BCUT2D eigenvalue weighted by atomic mass is 16.5. The Hall–Kier alpha value is -1.07. The summed E-state index contributed by atoms with van der Waals surface area (Å²) < 4.78 is 7.62. The highest BCUT2D eigenvalue weighted by Crippen LogP contribution is 2.34. The van der Waals surface area contributed by atoms with Gasteiger partial charge in [-0.1, -0.05) is 27.7 Å². The minimum absolute atomic E-state index is 0.0239. The number of likely N-dealkylation sites (N-methyl/N-ethyl adjacent to an activating group) is 1. The third-order valence-corrected chi connectivity index (χ3v) is 3.73. The fourth-order valence-electron chi connectivity index (χ4n) is 2.46. The number of methoxy groups -OCH3 is 1. The predicted octanol–water partition coefficient (Wildman–Crippen LogP) is 2.12. The lowest BCUT2D eigenvalue weighted by Gasteiger charge is -2.28. The molecule has 1 rings (SSSR count). The standard InChI is InChI=1S/C16H32N4O/c1-13(2)17-9-8-16(3,4)15-14(21-7)12-18-20(15)11-10-19(5)6/h12-13,17H,8-11H2,1-7H3. The maximum absolute atomic E-state index is 5.53. The third-order valence-electron chi connectivity index (χ3n) is 3.73. The molecule has 0 fully saturated rings. The van der Waals surface area contributed by atoms with Crippen molar-refractivity contribution in [2.24, 2.45) is 0 Å². The van der Waals surface area contributed by atoms with E-state index in [0.717, 1.165) is 31.8 Å². The number of rotatable bonds is 9. The summed E-state index contributed by atoms with van der Waals surface area (Å²) in [6, 6.07) is 0.515. The molecule has 5 nitrogen and oxygen atoms in total. The van der Waals surface area contributed by atoms with Gasteiger partial charge in [0.2, 0.25) is 0 Å². The molecular formula is C16H32N4O. The Kier molecular flexibility index (Phi) is 6.68. The molecule has 0 radical (unpaired) electrons. The van der Waals surface area contributed by atoms with Gasteiger partial charge in [0.05, 0.1) is 25.5 Å². The third kappa shape index (κ3) is 5.32. The van der Waals surface area contributed by atoms with Crippen LogP contribution in [0.5, 0.6) is 5.75 Å². The van der Waals surface area contributed by atoms with E-state index in [4.69, 9.17) is 4.74 Å². The van der Waals surface area contributed by atoms with Crippen LogP contribution in [0.3, 0.4) is 0 Å². The van der Waals surface area contributed by atoms with Gasteiger partial charge in [0.25, 0.3) is 0 Å². The molecule has 1 aromatic rings. The molecule has 0 spiro atoms. The van der Waals surface area contributed by atoms with Crippen LogP contribution >= 0.6 is 0 Å². The van der Waals surface area contributed by atoms with Crippen LogP contribution in [0.4, 0.5) is 0 Å². The first kappa shape index (κ1) is 18.0. The number of aromatic nitrogens is 2. The van der Waals surface area contributed by atoms with Gasteiger partial charge in [0, 0.05) is 18.0 Å². The van der Waals surface area contributed by atoms with Crippen LogP contribution in [0.15, 0.2) is 6.20 Å². The first-order chi connectivity index (χ1) is 9.77. The zero-order valence-electron chi connectivity index (χ0n) is 14.7. The second-order valence-electron chi connectivity index (χ2n) is 6.83. The van der Waals surface area contributed by atoms with Crippen LogP contribution in [-0.4, -0.2) is 55.0 Å². The summed E-state index contributed by atoms with van der Waals surface area (Å²) in [6.07, 6.45) is 2.89. The van der Waals surface area contributed by atoms with Crippen molar-refractivity contribution in [3.05, 3.63) is 11.9 Å². The topological polar surface area (TPSA) is 42.3 Å². The molecule has 1 aromatic heterocycles. The lowest BCUT2D eigenvalue weighted by atomic mass is 9.85. The maximum Gasteiger partial charge on any atom is 0.160 e. The van der Waals surface area contributed by atoms with Crippen molar-refractivity contribution in [1.82, 2.24) is 20.0 Å². The first-order valence-electron chi connectivity index (χ1n) is 7.76. The van der Waals surface area contributed by atoms with Gasteiger partial charge in [-0.2, -0.15) is 5.10 Å². The Morgan fingerprint density at radius 1 is 1.38 bits per heavy atom. The Morgan fingerprint density at radius 3 is 2.57 bits per heavy atom. The molecule has 0 saturated heterocycles. The van der Waals surface area contributed by atoms with Gasteiger partial charge in [-0.05, 0) is 27.1 Å². The molecule has 0 unspecified atom stereocenters. The minimum Gasteiger partial charge on any atom is -0.493 e. The van der Waals surface area contributed by atoms with Gasteiger partial charge in [0.1, 0.15) is 0 Å². The van der Waals surface area contributed by atoms with Crippen LogP contribution in [0.2, 0.25) is 0 Å². The van der Waals surface area contributed by atoms with E-state index >= 15 is 0 Å². The van der Waals surface area contributed by atoms with Crippen LogP contribution in [0, 0.1) is 0 Å². The quantitative estimate of drug-likeness (QED) is 0.758. The first-order valence-corrected chi connectivity index (χ1v) is 7.76. The van der Waals surface area contributed by atoms with Gasteiger partial charge >= 0.3 is 0 Å². The number of ether oxygens (including phenoxy) is 1. The molecule has 1 heterocycles. The summed E-state index contributed by atoms with van der Waals surface area (Å²) in [5.41, 5.74) is 1.22. The minimum atomic E-state index is 0.0239. The van der Waals surface area contributed by atoms with E-state index in [9.17, 15) is 0 Å². The molecule has 0 bridgehead atoms. The second-order valence-corrected chi connectivity index (χ2v) is 6.83. The zero-order chi connectivity index (χ0) is 16.0. The van der Waals surface area contributed by atoms with Crippen LogP contribution < -0.4 is 10.1 Å². The average molecular weight is 296 g/mol. The summed E-state index contributed by atoms with van der Waals surface area (Å²) in [6.45, 7) is 11.7. The van der Waals surface area contributed by atoms with Crippen LogP contribution in [-0.2, 0) is 12.0 Å². The van der Waals surface area contributed by atoms with Gasteiger partial charge < -0.3 is 15.0 Å².